The number of amides is 1. The number of ketones is 1. The summed E-state index contributed by atoms with van der Waals surface area (Å²) in [6.45, 7) is 2.26. The molecular formula is C12H12F2N2O2. The van der Waals surface area contributed by atoms with Gasteiger partial charge in [-0.15, -0.1) is 0 Å². The van der Waals surface area contributed by atoms with Crippen LogP contribution in [0.2, 0.25) is 0 Å². The van der Waals surface area contributed by atoms with Gasteiger partial charge >= 0.3 is 0 Å². The van der Waals surface area contributed by atoms with Crippen molar-refractivity contribution in [3.8, 4) is 0 Å². The Kier molecular flexibility index (Phi) is 3.13. The van der Waals surface area contributed by atoms with Crippen LogP contribution in [0.25, 0.3) is 0 Å². The van der Waals surface area contributed by atoms with Crippen LogP contribution in [0.5, 0.6) is 0 Å². The van der Waals surface area contributed by atoms with Crippen LogP contribution in [0, 0.1) is 17.6 Å². The van der Waals surface area contributed by atoms with E-state index in [1.165, 1.54) is 0 Å². The summed E-state index contributed by atoms with van der Waals surface area (Å²) in [6.07, 6.45) is 0. The van der Waals surface area contributed by atoms with Crippen LogP contribution in [-0.4, -0.2) is 24.8 Å². The number of anilines is 1. The molecule has 0 radical (unpaired) electrons. The van der Waals surface area contributed by atoms with Gasteiger partial charge in [0.05, 0.1) is 11.3 Å². The van der Waals surface area contributed by atoms with Crippen molar-refractivity contribution in [3.63, 3.8) is 0 Å². The molecule has 1 atom stereocenters. The van der Waals surface area contributed by atoms with Crippen molar-refractivity contribution in [2.75, 3.05) is 18.0 Å². The fourth-order valence-corrected chi connectivity index (χ4v) is 1.90. The summed E-state index contributed by atoms with van der Waals surface area (Å²) < 4.78 is 26.7. The number of hydrogen-bond acceptors (Lipinski definition) is 3. The summed E-state index contributed by atoms with van der Waals surface area (Å²) in [7, 11) is 0. The number of rotatable bonds is 3. The first-order valence-corrected chi connectivity index (χ1v) is 5.51. The van der Waals surface area contributed by atoms with E-state index in [4.69, 9.17) is 5.73 Å². The predicted octanol–water partition coefficient (Wildman–Crippen LogP) is 1.09. The van der Waals surface area contributed by atoms with Crippen LogP contribution in [0.3, 0.4) is 0 Å². The standard InChI is InChI=1S/C12H12F2N2O2/c1-6(4-15)5-16-9-3-7(13)2-8(14)10(9)11(17)12(16)18/h2-3,6H,4-5,15H2,1H3. The first-order chi connectivity index (χ1) is 8.45. The van der Waals surface area contributed by atoms with Crippen molar-refractivity contribution in [1.82, 2.24) is 0 Å². The number of carbonyl (C=O) groups excluding carboxylic acids is 2. The third-order valence-corrected chi connectivity index (χ3v) is 2.89. The van der Waals surface area contributed by atoms with E-state index in [-0.39, 0.29) is 23.7 Å². The average Bonchev–Trinajstić information content (AvgIpc) is 2.54. The summed E-state index contributed by atoms with van der Waals surface area (Å²) >= 11 is 0. The number of fused-ring (bicyclic) bond motifs is 1. The lowest BCUT2D eigenvalue weighted by Gasteiger charge is -2.20. The molecule has 6 heteroatoms. The molecule has 4 nitrogen and oxygen atoms in total. The fraction of sp³-hybridized carbons (Fsp3) is 0.333. The maximum Gasteiger partial charge on any atom is 0.299 e. The Balaban J connectivity index is 2.48. The van der Waals surface area contributed by atoms with Crippen molar-refractivity contribution in [2.45, 2.75) is 6.92 Å². The molecule has 1 unspecified atom stereocenters. The zero-order chi connectivity index (χ0) is 13.4. The number of halogens is 2. The largest absolute Gasteiger partial charge is 0.330 e. The Morgan fingerprint density at radius 2 is 2.00 bits per heavy atom. The smallest absolute Gasteiger partial charge is 0.299 e. The Hall–Kier alpha value is -1.82. The average molecular weight is 254 g/mol. The molecule has 0 spiro atoms. The highest BCUT2D eigenvalue weighted by Crippen LogP contribution is 2.32. The van der Waals surface area contributed by atoms with Crippen LogP contribution < -0.4 is 10.6 Å². The number of nitrogens with zero attached hydrogens (tertiary/aromatic N) is 1. The predicted molar refractivity (Wildman–Crippen MR) is 61.3 cm³/mol. The fourth-order valence-electron chi connectivity index (χ4n) is 1.90. The molecule has 1 heterocycles. The highest BCUT2D eigenvalue weighted by molar-refractivity contribution is 6.52. The third kappa shape index (κ3) is 1.88. The Morgan fingerprint density at radius 1 is 1.33 bits per heavy atom. The van der Waals surface area contributed by atoms with Gasteiger partial charge in [-0.05, 0) is 18.5 Å². The molecule has 0 aliphatic carbocycles. The van der Waals surface area contributed by atoms with Crippen molar-refractivity contribution in [2.24, 2.45) is 11.7 Å². The van der Waals surface area contributed by atoms with Gasteiger partial charge in [-0.25, -0.2) is 8.78 Å². The lowest BCUT2D eigenvalue weighted by molar-refractivity contribution is -0.114. The molecule has 2 N–H and O–H groups in total. The minimum absolute atomic E-state index is 0.0113. The normalized spacial score (nSPS) is 16.1. The monoisotopic (exact) mass is 254 g/mol. The molecule has 1 aromatic carbocycles. The van der Waals surface area contributed by atoms with E-state index < -0.39 is 23.3 Å². The second-order valence-corrected chi connectivity index (χ2v) is 4.37. The Bertz CT molecular complexity index is 531. The van der Waals surface area contributed by atoms with E-state index in [1.807, 2.05) is 0 Å². The highest BCUT2D eigenvalue weighted by Gasteiger charge is 2.39. The summed E-state index contributed by atoms with van der Waals surface area (Å²) in [6, 6.07) is 1.59. The van der Waals surface area contributed by atoms with E-state index >= 15 is 0 Å². The summed E-state index contributed by atoms with van der Waals surface area (Å²) in [5, 5.41) is 0. The van der Waals surface area contributed by atoms with Crippen molar-refractivity contribution in [3.05, 3.63) is 29.3 Å². The van der Waals surface area contributed by atoms with Crippen LogP contribution in [-0.2, 0) is 4.79 Å². The van der Waals surface area contributed by atoms with Crippen molar-refractivity contribution < 1.29 is 18.4 Å². The number of benzene rings is 1. The van der Waals surface area contributed by atoms with Crippen LogP contribution in [0.15, 0.2) is 12.1 Å². The molecule has 0 aromatic heterocycles. The number of Topliss-reactive ketones (excluding diaryl/α,β-unsaturated/α-hetero) is 1. The zero-order valence-corrected chi connectivity index (χ0v) is 9.74. The molecule has 1 amide bonds. The molecule has 18 heavy (non-hydrogen) atoms. The molecule has 1 aliphatic heterocycles. The van der Waals surface area contributed by atoms with Gasteiger partial charge < -0.3 is 10.6 Å². The van der Waals surface area contributed by atoms with Gasteiger partial charge in [0, 0.05) is 12.6 Å². The minimum atomic E-state index is -1.01. The SMILES string of the molecule is CC(CN)CN1C(=O)C(=O)c2c(F)cc(F)cc21. The van der Waals surface area contributed by atoms with Crippen molar-refractivity contribution in [1.29, 1.82) is 0 Å². The third-order valence-electron chi connectivity index (χ3n) is 2.89. The lowest BCUT2D eigenvalue weighted by atomic mass is 10.1. The summed E-state index contributed by atoms with van der Waals surface area (Å²) in [5.41, 5.74) is 5.07. The molecule has 2 rings (SSSR count). The van der Waals surface area contributed by atoms with E-state index in [0.29, 0.717) is 12.6 Å². The minimum Gasteiger partial charge on any atom is -0.330 e. The Labute approximate surface area is 102 Å². The maximum atomic E-state index is 13.5. The van der Waals surface area contributed by atoms with Crippen LogP contribution in [0.1, 0.15) is 17.3 Å². The van der Waals surface area contributed by atoms with E-state index in [9.17, 15) is 18.4 Å². The molecular weight excluding hydrogens is 242 g/mol. The molecule has 96 valence electrons. The molecule has 0 saturated carbocycles. The second-order valence-electron chi connectivity index (χ2n) is 4.37. The van der Waals surface area contributed by atoms with E-state index in [1.54, 1.807) is 6.92 Å². The number of hydrogen-bond donors (Lipinski definition) is 1. The zero-order valence-electron chi connectivity index (χ0n) is 9.74. The maximum absolute atomic E-state index is 13.5. The molecule has 0 bridgehead atoms. The van der Waals surface area contributed by atoms with E-state index in [0.717, 1.165) is 11.0 Å². The van der Waals surface area contributed by atoms with Crippen molar-refractivity contribution >= 4 is 17.4 Å². The molecule has 1 aromatic rings. The molecule has 0 saturated heterocycles. The van der Waals surface area contributed by atoms with Gasteiger partial charge in [-0.3, -0.25) is 9.59 Å². The first-order valence-electron chi connectivity index (χ1n) is 5.51. The number of nitrogens with two attached hydrogens (primary N) is 1. The lowest BCUT2D eigenvalue weighted by Crippen LogP contribution is -2.35. The Morgan fingerprint density at radius 3 is 2.61 bits per heavy atom. The first kappa shape index (κ1) is 12.6. The van der Waals surface area contributed by atoms with Gasteiger partial charge in [0.25, 0.3) is 11.7 Å². The van der Waals surface area contributed by atoms with Gasteiger partial charge in [0.2, 0.25) is 0 Å². The highest BCUT2D eigenvalue weighted by atomic mass is 19.1. The topological polar surface area (TPSA) is 63.4 Å². The second kappa shape index (κ2) is 4.45. The number of carbonyl (C=O) groups is 2. The van der Waals surface area contributed by atoms with Crippen LogP contribution in [0.4, 0.5) is 14.5 Å². The van der Waals surface area contributed by atoms with Gasteiger partial charge in [-0.2, -0.15) is 0 Å². The van der Waals surface area contributed by atoms with Crippen LogP contribution >= 0.6 is 0 Å². The quantitative estimate of drug-likeness (QED) is 0.821. The summed E-state index contributed by atoms with van der Waals surface area (Å²) in [5.74, 6) is -3.68. The van der Waals surface area contributed by atoms with Gasteiger partial charge in [-0.1, -0.05) is 6.92 Å². The van der Waals surface area contributed by atoms with Gasteiger partial charge in [0.15, 0.2) is 0 Å². The molecule has 1 aliphatic rings. The van der Waals surface area contributed by atoms with Gasteiger partial charge in [0.1, 0.15) is 11.6 Å². The summed E-state index contributed by atoms with van der Waals surface area (Å²) in [4.78, 5) is 24.4. The van der Waals surface area contributed by atoms with E-state index in [2.05, 4.69) is 0 Å². The molecule has 0 fully saturated rings.